The molecule has 0 aliphatic carbocycles. The van der Waals surface area contributed by atoms with Gasteiger partial charge in [0.05, 0.1) is 10.9 Å². The zero-order valence-electron chi connectivity index (χ0n) is 12.5. The predicted molar refractivity (Wildman–Crippen MR) is 86.0 cm³/mol. The summed E-state index contributed by atoms with van der Waals surface area (Å²) in [6.45, 7) is 4.45. The van der Waals surface area contributed by atoms with Crippen molar-refractivity contribution in [2.24, 2.45) is 0 Å². The molecule has 1 N–H and O–H groups in total. The van der Waals surface area contributed by atoms with Gasteiger partial charge in [-0.05, 0) is 30.5 Å². The smallest absolute Gasteiger partial charge is 0.234 e. The third-order valence-electron chi connectivity index (χ3n) is 3.62. The minimum Gasteiger partial charge on any atom is -0.454 e. The Hall–Kier alpha value is -1.23. The zero-order valence-corrected chi connectivity index (χ0v) is 14.1. The number of carbonyl (C=O) groups is 1. The molecule has 5 heteroatoms. The Morgan fingerprint density at radius 1 is 1.33 bits per heavy atom. The number of amides is 1. The van der Waals surface area contributed by atoms with Crippen LogP contribution in [0, 0.1) is 0 Å². The third kappa shape index (κ3) is 4.13. The maximum atomic E-state index is 12.2. The zero-order chi connectivity index (χ0) is 15.2. The first-order chi connectivity index (χ1) is 10.2. The number of unbranched alkanes of at least 4 members (excludes halogenated alkanes) is 1. The number of rotatable bonds is 7. The van der Waals surface area contributed by atoms with Crippen molar-refractivity contribution in [3.05, 3.63) is 23.8 Å². The highest BCUT2D eigenvalue weighted by molar-refractivity contribution is 9.10. The van der Waals surface area contributed by atoms with Gasteiger partial charge in [0.15, 0.2) is 11.5 Å². The van der Waals surface area contributed by atoms with Gasteiger partial charge >= 0.3 is 0 Å². The molecule has 0 aromatic heterocycles. The van der Waals surface area contributed by atoms with Crippen LogP contribution in [-0.2, 0) is 4.79 Å². The highest BCUT2D eigenvalue weighted by Gasteiger charge is 2.21. The topological polar surface area (TPSA) is 47.6 Å². The second-order valence-corrected chi connectivity index (χ2v) is 6.30. The van der Waals surface area contributed by atoms with Crippen molar-refractivity contribution in [1.29, 1.82) is 0 Å². The second-order valence-electron chi connectivity index (χ2n) is 5.19. The maximum Gasteiger partial charge on any atom is 0.234 e. The summed E-state index contributed by atoms with van der Waals surface area (Å²) in [6.07, 6.45) is 3.83. The molecular weight excluding hydrogens is 334 g/mol. The van der Waals surface area contributed by atoms with Crippen LogP contribution in [0.25, 0.3) is 0 Å². The van der Waals surface area contributed by atoms with Crippen LogP contribution in [0.2, 0.25) is 0 Å². The van der Waals surface area contributed by atoms with Gasteiger partial charge in [0.2, 0.25) is 12.7 Å². The lowest BCUT2D eigenvalue weighted by atomic mass is 10.0. The van der Waals surface area contributed by atoms with Crippen LogP contribution >= 0.6 is 15.9 Å². The lowest BCUT2D eigenvalue weighted by Crippen LogP contribution is -2.34. The molecule has 1 heterocycles. The molecule has 0 spiro atoms. The largest absolute Gasteiger partial charge is 0.454 e. The summed E-state index contributed by atoms with van der Waals surface area (Å²) in [5.74, 6) is 1.57. The quantitative estimate of drug-likeness (QED) is 0.753. The number of hydrogen-bond donors (Lipinski definition) is 1. The molecule has 0 fully saturated rings. The molecule has 116 valence electrons. The SMILES string of the molecule is CCCCC(Br)C(=O)NC(CC)c1ccc2c(c1)OCO2. The van der Waals surface area contributed by atoms with Crippen LogP contribution in [-0.4, -0.2) is 17.5 Å². The molecule has 1 aromatic rings. The molecule has 2 rings (SSSR count). The highest BCUT2D eigenvalue weighted by Crippen LogP contribution is 2.34. The Kier molecular flexibility index (Phi) is 5.91. The number of alkyl halides is 1. The molecule has 0 radical (unpaired) electrons. The molecular formula is C16H22BrNO3. The van der Waals surface area contributed by atoms with Crippen molar-refractivity contribution >= 4 is 21.8 Å². The van der Waals surface area contributed by atoms with Crippen LogP contribution < -0.4 is 14.8 Å². The fourth-order valence-electron chi connectivity index (χ4n) is 2.33. The fraction of sp³-hybridized carbons (Fsp3) is 0.562. The van der Waals surface area contributed by atoms with Crippen molar-refractivity contribution in [2.45, 2.75) is 50.4 Å². The van der Waals surface area contributed by atoms with E-state index in [0.717, 1.165) is 42.7 Å². The normalized spacial score (nSPS) is 15.6. The highest BCUT2D eigenvalue weighted by atomic mass is 79.9. The number of ether oxygens (including phenoxy) is 2. The van der Waals surface area contributed by atoms with Gasteiger partial charge in [-0.1, -0.05) is 48.7 Å². The van der Waals surface area contributed by atoms with Crippen molar-refractivity contribution in [3.63, 3.8) is 0 Å². The van der Waals surface area contributed by atoms with Gasteiger partial charge in [-0.25, -0.2) is 0 Å². The van der Waals surface area contributed by atoms with Crippen LogP contribution in [0.4, 0.5) is 0 Å². The van der Waals surface area contributed by atoms with Crippen LogP contribution in [0.1, 0.15) is 51.1 Å². The fourth-order valence-corrected chi connectivity index (χ4v) is 2.78. The summed E-state index contributed by atoms with van der Waals surface area (Å²) < 4.78 is 10.7. The van der Waals surface area contributed by atoms with Crippen molar-refractivity contribution in [1.82, 2.24) is 5.32 Å². The molecule has 2 atom stereocenters. The lowest BCUT2D eigenvalue weighted by molar-refractivity contribution is -0.121. The Labute approximate surface area is 134 Å². The van der Waals surface area contributed by atoms with Crippen LogP contribution in [0.3, 0.4) is 0 Å². The summed E-state index contributed by atoms with van der Waals surface area (Å²) in [6, 6.07) is 5.83. The standard InChI is InChI=1S/C16H22BrNO3/c1-3-5-6-12(17)16(19)18-13(4-2)11-7-8-14-15(9-11)21-10-20-14/h7-9,12-13H,3-6,10H2,1-2H3,(H,18,19). The first-order valence-corrected chi connectivity index (χ1v) is 8.41. The van der Waals surface area contributed by atoms with E-state index < -0.39 is 0 Å². The van der Waals surface area contributed by atoms with E-state index in [0.29, 0.717) is 0 Å². The number of nitrogens with one attached hydrogen (secondary N) is 1. The van der Waals surface area contributed by atoms with Crippen molar-refractivity contribution in [2.75, 3.05) is 6.79 Å². The average Bonchev–Trinajstić information content (AvgIpc) is 2.97. The lowest BCUT2D eigenvalue weighted by Gasteiger charge is -2.20. The predicted octanol–water partition coefficient (Wildman–Crippen LogP) is 3.94. The molecule has 2 unspecified atom stereocenters. The molecule has 1 aliphatic heterocycles. The van der Waals surface area contributed by atoms with Crippen LogP contribution in [0.5, 0.6) is 11.5 Å². The molecule has 1 aliphatic rings. The Bertz CT molecular complexity index is 492. The third-order valence-corrected chi connectivity index (χ3v) is 4.49. The number of fused-ring (bicyclic) bond motifs is 1. The summed E-state index contributed by atoms with van der Waals surface area (Å²) in [7, 11) is 0. The Morgan fingerprint density at radius 3 is 2.81 bits per heavy atom. The van der Waals surface area contributed by atoms with E-state index in [1.54, 1.807) is 0 Å². The number of benzene rings is 1. The Balaban J connectivity index is 2.01. The van der Waals surface area contributed by atoms with Crippen molar-refractivity contribution in [3.8, 4) is 11.5 Å². The van der Waals surface area contributed by atoms with E-state index in [1.807, 2.05) is 18.2 Å². The minimum absolute atomic E-state index is 0.00586. The summed E-state index contributed by atoms with van der Waals surface area (Å²) >= 11 is 3.47. The van der Waals surface area contributed by atoms with Gasteiger partial charge in [-0.3, -0.25) is 4.79 Å². The maximum absolute atomic E-state index is 12.2. The van der Waals surface area contributed by atoms with Gasteiger partial charge in [0, 0.05) is 0 Å². The first kappa shape index (κ1) is 16.1. The number of halogens is 1. The molecule has 1 amide bonds. The van der Waals surface area contributed by atoms with Gasteiger partial charge < -0.3 is 14.8 Å². The van der Waals surface area contributed by atoms with E-state index in [1.165, 1.54) is 0 Å². The van der Waals surface area contributed by atoms with E-state index in [4.69, 9.17) is 9.47 Å². The monoisotopic (exact) mass is 355 g/mol. The molecule has 1 aromatic carbocycles. The summed E-state index contributed by atoms with van der Waals surface area (Å²) in [4.78, 5) is 12.1. The molecule has 0 saturated carbocycles. The van der Waals surface area contributed by atoms with Crippen molar-refractivity contribution < 1.29 is 14.3 Å². The van der Waals surface area contributed by atoms with Gasteiger partial charge in [-0.15, -0.1) is 0 Å². The van der Waals surface area contributed by atoms with Gasteiger partial charge in [0.1, 0.15) is 0 Å². The van der Waals surface area contributed by atoms with Gasteiger partial charge in [0.25, 0.3) is 0 Å². The van der Waals surface area contributed by atoms with E-state index in [9.17, 15) is 4.79 Å². The second kappa shape index (κ2) is 7.69. The summed E-state index contributed by atoms with van der Waals surface area (Å²) in [5.41, 5.74) is 1.05. The molecule has 21 heavy (non-hydrogen) atoms. The minimum atomic E-state index is -0.125. The van der Waals surface area contributed by atoms with E-state index in [2.05, 4.69) is 35.1 Å². The van der Waals surface area contributed by atoms with E-state index >= 15 is 0 Å². The molecule has 0 saturated heterocycles. The van der Waals surface area contributed by atoms with E-state index in [-0.39, 0.29) is 23.6 Å². The molecule has 4 nitrogen and oxygen atoms in total. The number of carbonyl (C=O) groups excluding carboxylic acids is 1. The Morgan fingerprint density at radius 2 is 2.10 bits per heavy atom. The number of hydrogen-bond acceptors (Lipinski definition) is 3. The van der Waals surface area contributed by atoms with Crippen LogP contribution in [0.15, 0.2) is 18.2 Å². The average molecular weight is 356 g/mol. The molecule has 0 bridgehead atoms. The first-order valence-electron chi connectivity index (χ1n) is 7.49. The summed E-state index contributed by atoms with van der Waals surface area (Å²) in [5, 5.41) is 3.10. The van der Waals surface area contributed by atoms with Gasteiger partial charge in [-0.2, -0.15) is 0 Å².